The molecule has 4 rings (SSSR count). The molecule has 1 amide bonds. The molecule has 0 saturated heterocycles. The van der Waals surface area contributed by atoms with Crippen LogP contribution in [0.25, 0.3) is 22.3 Å². The fourth-order valence-corrected chi connectivity index (χ4v) is 5.31. The van der Waals surface area contributed by atoms with Crippen LogP contribution in [-0.4, -0.2) is 48.4 Å². The summed E-state index contributed by atoms with van der Waals surface area (Å²) in [5.41, 5.74) is 4.09. The molecule has 0 spiro atoms. The number of hydrogen-bond acceptors (Lipinski definition) is 6. The van der Waals surface area contributed by atoms with Crippen LogP contribution in [-0.2, 0) is 24.8 Å². The van der Waals surface area contributed by atoms with Crippen molar-refractivity contribution in [1.82, 2.24) is 19.4 Å². The van der Waals surface area contributed by atoms with E-state index < -0.39 is 30.4 Å². The van der Waals surface area contributed by atoms with E-state index in [0.29, 0.717) is 29.1 Å². The van der Waals surface area contributed by atoms with Gasteiger partial charge in [0.1, 0.15) is 17.3 Å². The van der Waals surface area contributed by atoms with Crippen molar-refractivity contribution in [3.8, 4) is 22.3 Å². The van der Waals surface area contributed by atoms with Crippen LogP contribution < -0.4 is 40.0 Å². The number of nitrogens with zero attached hydrogens (tertiary/aromatic N) is 3. The molecule has 2 atom stereocenters. The van der Waals surface area contributed by atoms with E-state index in [2.05, 4.69) is 10.3 Å². The number of amides is 1. The second-order valence-corrected chi connectivity index (χ2v) is 10.7. The van der Waals surface area contributed by atoms with Gasteiger partial charge in [0, 0.05) is 54.7 Å². The molecular formula is C32H36FN4NaO5. The van der Waals surface area contributed by atoms with E-state index in [4.69, 9.17) is 0 Å². The largest absolute Gasteiger partial charge is 1.00 e. The molecule has 4 aromatic rings. The number of carboxylic acids is 1. The van der Waals surface area contributed by atoms with E-state index in [1.54, 1.807) is 24.5 Å². The minimum atomic E-state index is -1.39. The van der Waals surface area contributed by atoms with Crippen LogP contribution in [0.3, 0.4) is 0 Å². The van der Waals surface area contributed by atoms with Crippen molar-refractivity contribution in [2.75, 3.05) is 0 Å². The van der Waals surface area contributed by atoms with Crippen molar-refractivity contribution in [3.63, 3.8) is 0 Å². The van der Waals surface area contributed by atoms with Gasteiger partial charge in [0.05, 0.1) is 18.8 Å². The fourth-order valence-electron chi connectivity index (χ4n) is 5.31. The number of rotatable bonds is 13. The zero-order chi connectivity index (χ0) is 30.4. The number of aryl methyl sites for hydroxylation is 1. The quantitative estimate of drug-likeness (QED) is 0.191. The van der Waals surface area contributed by atoms with Crippen LogP contribution in [0.1, 0.15) is 61.2 Å². The van der Waals surface area contributed by atoms with E-state index in [0.717, 1.165) is 16.8 Å². The Morgan fingerprint density at radius 1 is 1.00 bits per heavy atom. The number of carbonyl (C=O) groups is 2. The molecule has 0 unspecified atom stereocenters. The summed E-state index contributed by atoms with van der Waals surface area (Å²) in [5.74, 6) is -1.42. The van der Waals surface area contributed by atoms with Gasteiger partial charge in [-0.1, -0.05) is 42.5 Å². The number of aliphatic hydroxyl groups is 2. The number of imidazole rings is 1. The van der Waals surface area contributed by atoms with Crippen molar-refractivity contribution < 1.29 is 58.9 Å². The molecule has 0 saturated carbocycles. The fraction of sp³-hybridized carbons (Fsp3) is 0.344. The van der Waals surface area contributed by atoms with Crippen molar-refractivity contribution in [2.45, 2.75) is 64.3 Å². The predicted octanol–water partition coefficient (Wildman–Crippen LogP) is 0.394. The summed E-state index contributed by atoms with van der Waals surface area (Å²) in [6, 6.07) is 15.4. The van der Waals surface area contributed by atoms with E-state index in [1.165, 1.54) is 12.1 Å². The topological polar surface area (TPSA) is 132 Å². The summed E-state index contributed by atoms with van der Waals surface area (Å²) in [4.78, 5) is 29.2. The SMILES string of the molecule is CC(C)n1c(CC[C@@H](O)C[C@@H](O)CC(=O)[O-])c(-c2ccc(F)cc2)c(-c2ccccc2)c1C(=O)NCc1nccn1C.[Na+]. The Bertz CT molecular complexity index is 1520. The molecule has 43 heavy (non-hydrogen) atoms. The number of aliphatic hydroxyl groups excluding tert-OH is 2. The molecule has 0 aliphatic heterocycles. The first-order valence-electron chi connectivity index (χ1n) is 14.0. The Balaban J connectivity index is 0.00000506. The monoisotopic (exact) mass is 598 g/mol. The molecule has 2 aromatic carbocycles. The molecule has 3 N–H and O–H groups in total. The van der Waals surface area contributed by atoms with Crippen molar-refractivity contribution in [3.05, 3.63) is 90.0 Å². The standard InChI is InChI=1S/C32H37FN4O5.Na/c1-20(2)37-26(14-13-24(38)17-25(39)18-28(40)41)29(22-9-11-23(33)12-10-22)30(21-7-5-4-6-8-21)31(37)32(42)35-19-27-34-15-16-36(27)3;/h4-12,15-16,20,24-25,38-39H,13-14,17-19H2,1-3H3,(H,35,42)(H,40,41);/q;+1/p-1/t24-,25-;/m1./s1. The third kappa shape index (κ3) is 8.43. The maximum Gasteiger partial charge on any atom is 1.00 e. The Hall–Kier alpha value is -3.28. The zero-order valence-corrected chi connectivity index (χ0v) is 27.0. The van der Waals surface area contributed by atoms with Crippen LogP contribution in [0.15, 0.2) is 67.0 Å². The Morgan fingerprint density at radius 2 is 1.65 bits per heavy atom. The van der Waals surface area contributed by atoms with Crippen molar-refractivity contribution in [1.29, 1.82) is 0 Å². The third-order valence-corrected chi connectivity index (χ3v) is 7.22. The maximum absolute atomic E-state index is 14.0. The summed E-state index contributed by atoms with van der Waals surface area (Å²) < 4.78 is 17.8. The van der Waals surface area contributed by atoms with Gasteiger partial charge < -0.3 is 34.6 Å². The Morgan fingerprint density at radius 3 is 2.23 bits per heavy atom. The second kappa shape index (κ2) is 15.4. The Kier molecular flexibility index (Phi) is 12.3. The second-order valence-electron chi connectivity index (χ2n) is 10.7. The van der Waals surface area contributed by atoms with Crippen LogP contribution in [0, 0.1) is 5.82 Å². The van der Waals surface area contributed by atoms with Crippen LogP contribution >= 0.6 is 0 Å². The number of halogens is 1. The predicted molar refractivity (Wildman–Crippen MR) is 155 cm³/mol. The summed E-state index contributed by atoms with van der Waals surface area (Å²) in [6.07, 6.45) is 1.00. The number of hydrogen-bond donors (Lipinski definition) is 3. The van der Waals surface area contributed by atoms with E-state index in [9.17, 15) is 29.3 Å². The molecule has 2 heterocycles. The van der Waals surface area contributed by atoms with E-state index in [1.807, 2.05) is 60.4 Å². The molecule has 0 aliphatic carbocycles. The average molecular weight is 599 g/mol. The van der Waals surface area contributed by atoms with Gasteiger partial charge in [0.25, 0.3) is 5.91 Å². The molecule has 11 heteroatoms. The molecule has 9 nitrogen and oxygen atoms in total. The first-order valence-corrected chi connectivity index (χ1v) is 14.0. The Labute approximate surface area is 272 Å². The van der Waals surface area contributed by atoms with Gasteiger partial charge in [-0.15, -0.1) is 0 Å². The summed E-state index contributed by atoms with van der Waals surface area (Å²) in [6.45, 7) is 4.13. The summed E-state index contributed by atoms with van der Waals surface area (Å²) in [5, 5.41) is 34.6. The molecule has 2 aromatic heterocycles. The van der Waals surface area contributed by atoms with Crippen molar-refractivity contribution >= 4 is 11.9 Å². The smallest absolute Gasteiger partial charge is 0.550 e. The van der Waals surface area contributed by atoms with Crippen LogP contribution in [0.2, 0.25) is 0 Å². The van der Waals surface area contributed by atoms with Gasteiger partial charge in [-0.3, -0.25) is 4.79 Å². The molecule has 0 bridgehead atoms. The molecule has 0 aliphatic rings. The van der Waals surface area contributed by atoms with Gasteiger partial charge >= 0.3 is 29.6 Å². The molecule has 0 fully saturated rings. The van der Waals surface area contributed by atoms with Gasteiger partial charge in [-0.2, -0.15) is 0 Å². The number of carbonyl (C=O) groups excluding carboxylic acids is 2. The maximum atomic E-state index is 14.0. The summed E-state index contributed by atoms with van der Waals surface area (Å²) >= 11 is 0. The van der Waals surface area contributed by atoms with Crippen LogP contribution in [0.4, 0.5) is 4.39 Å². The molecule has 0 radical (unpaired) electrons. The molecule has 222 valence electrons. The van der Waals surface area contributed by atoms with Gasteiger partial charge in [0.2, 0.25) is 0 Å². The minimum absolute atomic E-state index is 0. The number of carboxylic acid groups (broad SMARTS) is 1. The number of benzene rings is 2. The summed E-state index contributed by atoms with van der Waals surface area (Å²) in [7, 11) is 1.85. The number of aromatic nitrogens is 3. The third-order valence-electron chi connectivity index (χ3n) is 7.22. The first-order chi connectivity index (χ1) is 20.1. The van der Waals surface area contributed by atoms with Crippen LogP contribution in [0.5, 0.6) is 0 Å². The number of aliphatic carboxylic acids is 1. The number of nitrogens with one attached hydrogen (secondary N) is 1. The average Bonchev–Trinajstić information content (AvgIpc) is 3.51. The van der Waals surface area contributed by atoms with Gasteiger partial charge in [-0.25, -0.2) is 9.37 Å². The van der Waals surface area contributed by atoms with E-state index >= 15 is 0 Å². The molecular weight excluding hydrogens is 562 g/mol. The van der Waals surface area contributed by atoms with Gasteiger partial charge in [0.15, 0.2) is 0 Å². The zero-order valence-electron chi connectivity index (χ0n) is 25.0. The minimum Gasteiger partial charge on any atom is -0.550 e. The van der Waals surface area contributed by atoms with Crippen molar-refractivity contribution in [2.24, 2.45) is 7.05 Å². The van der Waals surface area contributed by atoms with Gasteiger partial charge in [-0.05, 0) is 56.4 Å². The normalized spacial score (nSPS) is 12.5. The first kappa shape index (κ1) is 34.2. The van der Waals surface area contributed by atoms with E-state index in [-0.39, 0.29) is 60.9 Å².